The number of halogens is 1. The van der Waals surface area contributed by atoms with E-state index in [9.17, 15) is 0 Å². The van der Waals surface area contributed by atoms with Crippen molar-refractivity contribution < 1.29 is 0 Å². The Kier molecular flexibility index (Phi) is 4.34. The first-order valence-corrected chi connectivity index (χ1v) is 8.45. The van der Waals surface area contributed by atoms with E-state index < -0.39 is 0 Å². The molecule has 20 heavy (non-hydrogen) atoms. The van der Waals surface area contributed by atoms with Crippen molar-refractivity contribution in [2.75, 3.05) is 25.4 Å². The van der Waals surface area contributed by atoms with Crippen LogP contribution >= 0.6 is 15.9 Å². The second-order valence-corrected chi connectivity index (χ2v) is 7.13. The summed E-state index contributed by atoms with van der Waals surface area (Å²) < 4.78 is 1.01. The third-order valence-corrected chi connectivity index (χ3v) is 5.45. The number of nitrogens with zero attached hydrogens (tertiary/aromatic N) is 2. The topological polar surface area (TPSA) is 32.5 Å². The van der Waals surface area contributed by atoms with Crippen molar-refractivity contribution >= 4 is 21.6 Å². The van der Waals surface area contributed by atoms with Crippen LogP contribution in [-0.4, -0.2) is 41.5 Å². The minimum absolute atomic E-state index is 0.640. The van der Waals surface area contributed by atoms with Crippen molar-refractivity contribution in [3.8, 4) is 0 Å². The predicted octanol–water partition coefficient (Wildman–Crippen LogP) is 3.09. The quantitative estimate of drug-likeness (QED) is 0.841. The molecule has 0 radical (unpaired) electrons. The molecule has 110 valence electrons. The molecule has 2 saturated heterocycles. The smallest absolute Gasteiger partial charge is 0.0458 e. The van der Waals surface area contributed by atoms with Crippen LogP contribution in [0, 0.1) is 0 Å². The van der Waals surface area contributed by atoms with Gasteiger partial charge in [0.2, 0.25) is 0 Å². The molecule has 2 aliphatic rings. The minimum atomic E-state index is 0.640. The van der Waals surface area contributed by atoms with Gasteiger partial charge in [0.15, 0.2) is 0 Å². The maximum Gasteiger partial charge on any atom is 0.0458 e. The molecular weight excluding hydrogens is 314 g/mol. The highest BCUT2D eigenvalue weighted by atomic mass is 79.9. The second kappa shape index (κ2) is 6.04. The Hall–Kier alpha value is -0.580. The molecule has 0 amide bonds. The zero-order valence-electron chi connectivity index (χ0n) is 12.2. The highest BCUT2D eigenvalue weighted by Gasteiger charge is 2.32. The Morgan fingerprint density at radius 1 is 1.30 bits per heavy atom. The van der Waals surface area contributed by atoms with E-state index in [0.717, 1.165) is 22.7 Å². The summed E-state index contributed by atoms with van der Waals surface area (Å²) in [6.45, 7) is 7.13. The number of fused-ring (bicyclic) bond motifs is 1. The van der Waals surface area contributed by atoms with E-state index in [2.05, 4.69) is 44.8 Å². The average Bonchev–Trinajstić information content (AvgIpc) is 2.44. The number of benzene rings is 1. The summed E-state index contributed by atoms with van der Waals surface area (Å²) in [5.74, 6) is 0. The van der Waals surface area contributed by atoms with Crippen LogP contribution in [0.4, 0.5) is 5.69 Å². The number of hydrogen-bond donors (Lipinski definition) is 1. The van der Waals surface area contributed by atoms with E-state index in [1.807, 2.05) is 6.07 Å². The van der Waals surface area contributed by atoms with Crippen LogP contribution < -0.4 is 5.73 Å². The maximum atomic E-state index is 5.87. The minimum Gasteiger partial charge on any atom is -0.398 e. The Labute approximate surface area is 130 Å². The second-order valence-electron chi connectivity index (χ2n) is 6.28. The molecule has 2 fully saturated rings. The number of anilines is 1. The van der Waals surface area contributed by atoms with Crippen molar-refractivity contribution in [2.24, 2.45) is 0 Å². The van der Waals surface area contributed by atoms with Crippen LogP contribution in [0.1, 0.15) is 31.7 Å². The fourth-order valence-corrected chi connectivity index (χ4v) is 3.96. The molecule has 2 atom stereocenters. The third kappa shape index (κ3) is 3.02. The Bertz CT molecular complexity index is 477. The van der Waals surface area contributed by atoms with Crippen molar-refractivity contribution in [1.82, 2.24) is 9.80 Å². The van der Waals surface area contributed by atoms with Crippen molar-refractivity contribution in [2.45, 2.75) is 44.8 Å². The first-order chi connectivity index (χ1) is 9.63. The monoisotopic (exact) mass is 337 g/mol. The van der Waals surface area contributed by atoms with Gasteiger partial charge in [0.05, 0.1) is 0 Å². The third-order valence-electron chi connectivity index (χ3n) is 4.77. The largest absolute Gasteiger partial charge is 0.398 e. The van der Waals surface area contributed by atoms with E-state index in [1.165, 1.54) is 44.5 Å². The van der Waals surface area contributed by atoms with Gasteiger partial charge in [0, 0.05) is 41.9 Å². The number of nitrogens with two attached hydrogens (primary N) is 1. The Morgan fingerprint density at radius 3 is 2.95 bits per heavy atom. The zero-order valence-corrected chi connectivity index (χ0v) is 13.8. The van der Waals surface area contributed by atoms with Crippen LogP contribution in [0.3, 0.4) is 0 Å². The molecule has 1 aromatic carbocycles. The molecule has 4 heteroatoms. The SMILES string of the molecule is CC1CN2CCCCC2CN1Cc1ccc(N)c(Br)c1. The molecule has 0 aliphatic carbocycles. The van der Waals surface area contributed by atoms with Gasteiger partial charge in [0.1, 0.15) is 0 Å². The van der Waals surface area contributed by atoms with Crippen LogP contribution in [0.25, 0.3) is 0 Å². The van der Waals surface area contributed by atoms with Crippen LogP contribution in [0.5, 0.6) is 0 Å². The van der Waals surface area contributed by atoms with E-state index in [4.69, 9.17) is 5.73 Å². The first kappa shape index (κ1) is 14.4. The molecule has 0 bridgehead atoms. The van der Waals surface area contributed by atoms with Crippen LogP contribution in [0.15, 0.2) is 22.7 Å². The fourth-order valence-electron chi connectivity index (χ4n) is 3.54. The van der Waals surface area contributed by atoms with Gasteiger partial charge < -0.3 is 5.73 Å². The lowest BCUT2D eigenvalue weighted by atomic mass is 9.97. The molecule has 0 saturated carbocycles. The van der Waals surface area contributed by atoms with E-state index in [-0.39, 0.29) is 0 Å². The van der Waals surface area contributed by atoms with Gasteiger partial charge >= 0.3 is 0 Å². The molecule has 3 nitrogen and oxygen atoms in total. The molecule has 2 unspecified atom stereocenters. The molecular formula is C16H24BrN3. The van der Waals surface area contributed by atoms with Gasteiger partial charge in [0.25, 0.3) is 0 Å². The molecule has 2 N–H and O–H groups in total. The highest BCUT2D eigenvalue weighted by Crippen LogP contribution is 2.26. The normalized spacial score (nSPS) is 28.3. The van der Waals surface area contributed by atoms with Gasteiger partial charge in [-0.3, -0.25) is 9.80 Å². The molecule has 0 aromatic heterocycles. The molecule has 2 heterocycles. The maximum absolute atomic E-state index is 5.87. The highest BCUT2D eigenvalue weighted by molar-refractivity contribution is 9.10. The van der Waals surface area contributed by atoms with E-state index in [0.29, 0.717) is 6.04 Å². The lowest BCUT2D eigenvalue weighted by Gasteiger charge is -2.47. The van der Waals surface area contributed by atoms with E-state index in [1.54, 1.807) is 0 Å². The average molecular weight is 338 g/mol. The van der Waals surface area contributed by atoms with Crippen molar-refractivity contribution in [3.05, 3.63) is 28.2 Å². The van der Waals surface area contributed by atoms with Gasteiger partial charge in [-0.1, -0.05) is 12.5 Å². The molecule has 2 aliphatic heterocycles. The van der Waals surface area contributed by atoms with Gasteiger partial charge in [-0.15, -0.1) is 0 Å². The van der Waals surface area contributed by atoms with Crippen LogP contribution in [-0.2, 0) is 6.54 Å². The Morgan fingerprint density at radius 2 is 2.15 bits per heavy atom. The molecule has 3 rings (SSSR count). The van der Waals surface area contributed by atoms with Crippen LogP contribution in [0.2, 0.25) is 0 Å². The summed E-state index contributed by atoms with van der Waals surface area (Å²) in [7, 11) is 0. The number of piperidine rings is 1. The first-order valence-electron chi connectivity index (χ1n) is 7.65. The fraction of sp³-hybridized carbons (Fsp3) is 0.625. The summed E-state index contributed by atoms with van der Waals surface area (Å²) in [4.78, 5) is 5.33. The number of nitrogen functional groups attached to an aromatic ring is 1. The predicted molar refractivity (Wildman–Crippen MR) is 87.6 cm³/mol. The lowest BCUT2D eigenvalue weighted by Crippen LogP contribution is -2.58. The van der Waals surface area contributed by atoms with Gasteiger partial charge in [-0.2, -0.15) is 0 Å². The molecule has 0 spiro atoms. The summed E-state index contributed by atoms with van der Waals surface area (Å²) in [6.07, 6.45) is 4.15. The molecule has 1 aromatic rings. The van der Waals surface area contributed by atoms with Gasteiger partial charge in [-0.05, 0) is 59.9 Å². The van der Waals surface area contributed by atoms with Gasteiger partial charge in [-0.25, -0.2) is 0 Å². The standard InChI is InChI=1S/C16H24BrN3/c1-12-9-19-7-3-2-4-14(19)11-20(12)10-13-5-6-16(18)15(17)8-13/h5-6,8,12,14H,2-4,7,9-11,18H2,1H3. The van der Waals surface area contributed by atoms with E-state index >= 15 is 0 Å². The number of hydrogen-bond acceptors (Lipinski definition) is 3. The summed E-state index contributed by atoms with van der Waals surface area (Å²) >= 11 is 3.53. The van der Waals surface area contributed by atoms with Crippen molar-refractivity contribution in [1.29, 1.82) is 0 Å². The summed E-state index contributed by atoms with van der Waals surface area (Å²) in [5, 5.41) is 0. The zero-order chi connectivity index (χ0) is 14.1. The summed E-state index contributed by atoms with van der Waals surface area (Å²) in [5.41, 5.74) is 8.04. The Balaban J connectivity index is 1.68. The lowest BCUT2D eigenvalue weighted by molar-refractivity contribution is 0.0111. The van der Waals surface area contributed by atoms with Crippen molar-refractivity contribution in [3.63, 3.8) is 0 Å². The number of rotatable bonds is 2. The number of piperazine rings is 1. The summed E-state index contributed by atoms with van der Waals surface area (Å²) in [6, 6.07) is 7.73.